The van der Waals surface area contributed by atoms with Gasteiger partial charge in [0.25, 0.3) is 5.69 Å². The first-order chi connectivity index (χ1) is 8.39. The van der Waals surface area contributed by atoms with Crippen LogP contribution in [0.15, 0.2) is 18.2 Å². The summed E-state index contributed by atoms with van der Waals surface area (Å²) in [7, 11) is 0. The Morgan fingerprint density at radius 3 is 2.61 bits per heavy atom. The van der Waals surface area contributed by atoms with E-state index in [0.29, 0.717) is 18.5 Å². The molecule has 1 aromatic carbocycles. The van der Waals surface area contributed by atoms with Gasteiger partial charge in [0, 0.05) is 18.4 Å². The Bertz CT molecular complexity index is 473. The average molecular weight is 278 g/mol. The molecule has 0 spiro atoms. The van der Waals surface area contributed by atoms with E-state index < -0.39 is 22.4 Å². The molecule has 0 saturated carbocycles. The van der Waals surface area contributed by atoms with Crippen molar-refractivity contribution in [2.75, 3.05) is 23.1 Å². The van der Waals surface area contributed by atoms with Gasteiger partial charge in [0.05, 0.1) is 16.4 Å². The topological polar surface area (TPSA) is 46.4 Å². The van der Waals surface area contributed by atoms with Gasteiger partial charge in [-0.3, -0.25) is 10.1 Å². The molecular weight excluding hydrogens is 269 g/mol. The molecule has 0 atom stereocenters. The van der Waals surface area contributed by atoms with E-state index in [-0.39, 0.29) is 5.69 Å². The SMILES string of the molecule is O=[N+]([O-])c1cc(C(F)(F)F)ccc1N1CCSC1. The van der Waals surface area contributed by atoms with Crippen LogP contribution in [0.3, 0.4) is 0 Å². The van der Waals surface area contributed by atoms with Gasteiger partial charge in [-0.05, 0) is 12.1 Å². The summed E-state index contributed by atoms with van der Waals surface area (Å²) in [6.45, 7) is 0.608. The van der Waals surface area contributed by atoms with E-state index in [2.05, 4.69) is 0 Å². The van der Waals surface area contributed by atoms with Crippen molar-refractivity contribution in [3.63, 3.8) is 0 Å². The fourth-order valence-electron chi connectivity index (χ4n) is 1.72. The van der Waals surface area contributed by atoms with Crippen LogP contribution in [0.2, 0.25) is 0 Å². The molecule has 0 unspecified atom stereocenters. The maximum Gasteiger partial charge on any atom is 0.416 e. The minimum atomic E-state index is -4.57. The lowest BCUT2D eigenvalue weighted by atomic mass is 10.1. The van der Waals surface area contributed by atoms with Crippen LogP contribution in [0.4, 0.5) is 24.5 Å². The third kappa shape index (κ3) is 2.53. The fourth-order valence-corrected chi connectivity index (χ4v) is 2.68. The van der Waals surface area contributed by atoms with Crippen LogP contribution >= 0.6 is 11.8 Å². The van der Waals surface area contributed by atoms with Gasteiger partial charge in [-0.15, -0.1) is 11.8 Å². The number of anilines is 1. The summed E-state index contributed by atoms with van der Waals surface area (Å²) in [5.74, 6) is 1.38. The summed E-state index contributed by atoms with van der Waals surface area (Å²) in [4.78, 5) is 11.8. The van der Waals surface area contributed by atoms with Crippen molar-refractivity contribution < 1.29 is 18.1 Å². The van der Waals surface area contributed by atoms with Crippen molar-refractivity contribution in [1.82, 2.24) is 0 Å². The van der Waals surface area contributed by atoms with E-state index in [0.717, 1.165) is 11.8 Å². The van der Waals surface area contributed by atoms with Gasteiger partial charge >= 0.3 is 6.18 Å². The summed E-state index contributed by atoms with van der Waals surface area (Å²) >= 11 is 1.59. The minimum absolute atomic E-state index is 0.248. The number of alkyl halides is 3. The maximum absolute atomic E-state index is 12.5. The number of nitrogens with zero attached hydrogens (tertiary/aromatic N) is 2. The molecule has 0 aliphatic carbocycles. The first-order valence-corrected chi connectivity index (χ1v) is 6.23. The van der Waals surface area contributed by atoms with Crippen LogP contribution in [-0.2, 0) is 6.18 Å². The van der Waals surface area contributed by atoms with Crippen molar-refractivity contribution in [2.45, 2.75) is 6.18 Å². The molecule has 0 bridgehead atoms. The Hall–Kier alpha value is -1.44. The van der Waals surface area contributed by atoms with Crippen molar-refractivity contribution in [1.29, 1.82) is 0 Å². The molecule has 1 fully saturated rings. The van der Waals surface area contributed by atoms with Gasteiger partial charge in [-0.25, -0.2) is 0 Å². The number of nitro groups is 1. The molecule has 18 heavy (non-hydrogen) atoms. The van der Waals surface area contributed by atoms with Gasteiger partial charge < -0.3 is 4.90 Å². The van der Waals surface area contributed by atoms with E-state index in [1.165, 1.54) is 6.07 Å². The van der Waals surface area contributed by atoms with Crippen LogP contribution < -0.4 is 4.90 Å². The second kappa shape index (κ2) is 4.68. The van der Waals surface area contributed by atoms with Crippen LogP contribution in [-0.4, -0.2) is 23.1 Å². The van der Waals surface area contributed by atoms with Gasteiger partial charge in [0.1, 0.15) is 5.69 Å². The highest BCUT2D eigenvalue weighted by molar-refractivity contribution is 7.99. The number of thioether (sulfide) groups is 1. The summed E-state index contributed by atoms with van der Waals surface area (Å²) < 4.78 is 37.5. The zero-order valence-corrected chi connectivity index (χ0v) is 9.92. The second-order valence-corrected chi connectivity index (χ2v) is 4.83. The Kier molecular flexibility index (Phi) is 3.38. The van der Waals surface area contributed by atoms with E-state index in [1.54, 1.807) is 16.7 Å². The number of halogens is 3. The van der Waals surface area contributed by atoms with Crippen LogP contribution in [0.25, 0.3) is 0 Å². The van der Waals surface area contributed by atoms with Crippen molar-refractivity contribution in [2.24, 2.45) is 0 Å². The Morgan fingerprint density at radius 2 is 2.11 bits per heavy atom. The number of rotatable bonds is 2. The van der Waals surface area contributed by atoms with Crippen LogP contribution in [0.1, 0.15) is 5.56 Å². The molecule has 0 amide bonds. The van der Waals surface area contributed by atoms with Crippen LogP contribution in [0.5, 0.6) is 0 Å². The fraction of sp³-hybridized carbons (Fsp3) is 0.400. The molecule has 0 N–H and O–H groups in total. The number of benzene rings is 1. The third-order valence-electron chi connectivity index (χ3n) is 2.59. The highest BCUT2D eigenvalue weighted by Gasteiger charge is 2.34. The third-order valence-corrected chi connectivity index (χ3v) is 3.56. The zero-order chi connectivity index (χ0) is 13.3. The lowest BCUT2D eigenvalue weighted by Gasteiger charge is -2.17. The van der Waals surface area contributed by atoms with E-state index >= 15 is 0 Å². The van der Waals surface area contributed by atoms with Gasteiger partial charge in [-0.1, -0.05) is 0 Å². The van der Waals surface area contributed by atoms with Crippen molar-refractivity contribution in [3.05, 3.63) is 33.9 Å². The van der Waals surface area contributed by atoms with Crippen molar-refractivity contribution >= 4 is 23.1 Å². The predicted octanol–water partition coefficient (Wildman–Crippen LogP) is 3.12. The normalized spacial score (nSPS) is 16.1. The van der Waals surface area contributed by atoms with Gasteiger partial charge in [-0.2, -0.15) is 13.2 Å². The molecule has 0 aromatic heterocycles. The lowest BCUT2D eigenvalue weighted by Crippen LogP contribution is -2.19. The molecule has 98 valence electrons. The number of hydrogen-bond donors (Lipinski definition) is 0. The molecule has 0 radical (unpaired) electrons. The van der Waals surface area contributed by atoms with Crippen LogP contribution in [0, 0.1) is 10.1 Å². The molecule has 1 saturated heterocycles. The Balaban J connectivity index is 2.44. The summed E-state index contributed by atoms with van der Waals surface area (Å²) in [5.41, 5.74) is -1.24. The Morgan fingerprint density at radius 1 is 1.39 bits per heavy atom. The monoisotopic (exact) mass is 278 g/mol. The summed E-state index contributed by atoms with van der Waals surface area (Å²) in [6, 6.07) is 2.65. The number of hydrogen-bond acceptors (Lipinski definition) is 4. The summed E-state index contributed by atoms with van der Waals surface area (Å²) in [6.07, 6.45) is -4.57. The smallest absolute Gasteiger partial charge is 0.356 e. The van der Waals surface area contributed by atoms with E-state index in [9.17, 15) is 23.3 Å². The molecule has 1 aliphatic heterocycles. The van der Waals surface area contributed by atoms with Crippen molar-refractivity contribution in [3.8, 4) is 0 Å². The van der Waals surface area contributed by atoms with Gasteiger partial charge in [0.2, 0.25) is 0 Å². The first kappa shape index (κ1) is 13.0. The molecule has 1 aliphatic rings. The minimum Gasteiger partial charge on any atom is -0.356 e. The first-order valence-electron chi connectivity index (χ1n) is 5.08. The largest absolute Gasteiger partial charge is 0.416 e. The molecule has 4 nitrogen and oxygen atoms in total. The average Bonchev–Trinajstić information content (AvgIpc) is 2.80. The lowest BCUT2D eigenvalue weighted by molar-refractivity contribution is -0.384. The highest BCUT2D eigenvalue weighted by atomic mass is 32.2. The standard InChI is InChI=1S/C10H9F3N2O2S/c11-10(12,13)7-1-2-8(9(5-7)15(16)17)14-3-4-18-6-14/h1-2,5H,3-4,6H2. The predicted molar refractivity (Wildman–Crippen MR) is 62.8 cm³/mol. The highest BCUT2D eigenvalue weighted by Crippen LogP contribution is 2.37. The summed E-state index contributed by atoms with van der Waals surface area (Å²) in [5, 5.41) is 10.9. The van der Waals surface area contributed by atoms with Gasteiger partial charge in [0.15, 0.2) is 0 Å². The quantitative estimate of drug-likeness (QED) is 0.616. The van der Waals surface area contributed by atoms with E-state index in [1.807, 2.05) is 0 Å². The Labute approximate surface area is 105 Å². The maximum atomic E-state index is 12.5. The zero-order valence-electron chi connectivity index (χ0n) is 9.11. The molecule has 8 heteroatoms. The molecule has 1 aromatic rings. The molecule has 1 heterocycles. The van der Waals surface area contributed by atoms with E-state index in [4.69, 9.17) is 0 Å². The second-order valence-electron chi connectivity index (χ2n) is 3.76. The molecular formula is C10H9F3N2O2S. The number of nitro benzene ring substituents is 1. The molecule has 2 rings (SSSR count).